The maximum absolute atomic E-state index is 12.8. The lowest BCUT2D eigenvalue weighted by molar-refractivity contribution is -0.137. The Morgan fingerprint density at radius 2 is 1.71 bits per heavy atom. The molecule has 0 unspecified atom stereocenters. The van der Waals surface area contributed by atoms with Gasteiger partial charge in [0.15, 0.2) is 0 Å². The van der Waals surface area contributed by atoms with Crippen LogP contribution in [0.25, 0.3) is 0 Å². The van der Waals surface area contributed by atoms with Crippen LogP contribution in [0.3, 0.4) is 0 Å². The van der Waals surface area contributed by atoms with E-state index in [4.69, 9.17) is 28.3 Å². The second-order valence-electron chi connectivity index (χ2n) is 5.04. The predicted octanol–water partition coefficient (Wildman–Crippen LogP) is 3.66. The molecule has 5 nitrogen and oxygen atoms in total. The number of carbonyl (C=O) groups is 1. The van der Waals surface area contributed by atoms with Crippen molar-refractivity contribution in [1.29, 1.82) is 0 Å². The summed E-state index contributed by atoms with van der Waals surface area (Å²) in [4.78, 5) is 10.8. The Kier molecular flexibility index (Phi) is 6.23. The average Bonchev–Trinajstić information content (AvgIpc) is 2.54. The van der Waals surface area contributed by atoms with E-state index in [-0.39, 0.29) is 34.5 Å². The molecule has 0 aliphatic rings. The Hall–Kier alpha value is -1.60. The first-order valence-corrected chi connectivity index (χ1v) is 9.21. The van der Waals surface area contributed by atoms with Crippen molar-refractivity contribution in [2.75, 3.05) is 6.54 Å². The molecular weight excluding hydrogens is 373 g/mol. The number of hydrogen-bond donors (Lipinski definition) is 1. The molecule has 0 heterocycles. The second kappa shape index (κ2) is 7.98. The molecular formula is C16H15Cl2NO4S. The zero-order chi connectivity index (χ0) is 17.7. The summed E-state index contributed by atoms with van der Waals surface area (Å²) >= 11 is 11.7. The Bertz CT molecular complexity index is 825. The van der Waals surface area contributed by atoms with Gasteiger partial charge >= 0.3 is 5.97 Å². The van der Waals surface area contributed by atoms with Crippen LogP contribution in [0, 0.1) is 0 Å². The minimum atomic E-state index is -3.91. The van der Waals surface area contributed by atoms with Crippen LogP contribution in [0.15, 0.2) is 53.4 Å². The van der Waals surface area contributed by atoms with Crippen molar-refractivity contribution in [1.82, 2.24) is 4.31 Å². The number of carboxylic acid groups (broad SMARTS) is 1. The number of benzene rings is 2. The van der Waals surface area contributed by atoms with Crippen molar-refractivity contribution in [2.24, 2.45) is 0 Å². The lowest BCUT2D eigenvalue weighted by atomic mass is 10.2. The molecule has 128 valence electrons. The Labute approximate surface area is 150 Å². The number of hydrogen-bond acceptors (Lipinski definition) is 3. The Morgan fingerprint density at radius 1 is 1.04 bits per heavy atom. The van der Waals surface area contributed by atoms with Crippen LogP contribution in [0.4, 0.5) is 0 Å². The lowest BCUT2D eigenvalue weighted by Crippen LogP contribution is -2.32. The summed E-state index contributed by atoms with van der Waals surface area (Å²) in [6, 6.07) is 13.0. The van der Waals surface area contributed by atoms with Crippen molar-refractivity contribution < 1.29 is 18.3 Å². The number of sulfonamides is 1. The first-order valence-electron chi connectivity index (χ1n) is 7.01. The van der Waals surface area contributed by atoms with E-state index >= 15 is 0 Å². The maximum atomic E-state index is 12.8. The van der Waals surface area contributed by atoms with E-state index in [0.717, 1.165) is 9.87 Å². The van der Waals surface area contributed by atoms with Gasteiger partial charge in [0, 0.05) is 13.1 Å². The Morgan fingerprint density at radius 3 is 2.29 bits per heavy atom. The van der Waals surface area contributed by atoms with Gasteiger partial charge in [0.25, 0.3) is 0 Å². The van der Waals surface area contributed by atoms with Gasteiger partial charge in [-0.05, 0) is 23.8 Å². The number of halogens is 2. The van der Waals surface area contributed by atoms with E-state index in [9.17, 15) is 13.2 Å². The summed E-state index contributed by atoms with van der Waals surface area (Å²) in [6.07, 6.45) is -0.298. The topological polar surface area (TPSA) is 74.7 Å². The molecule has 0 radical (unpaired) electrons. The summed E-state index contributed by atoms with van der Waals surface area (Å²) in [6.45, 7) is -0.0799. The van der Waals surface area contributed by atoms with Gasteiger partial charge in [-0.3, -0.25) is 4.79 Å². The van der Waals surface area contributed by atoms with Crippen molar-refractivity contribution >= 4 is 39.2 Å². The van der Waals surface area contributed by atoms with Gasteiger partial charge in [0.1, 0.15) is 0 Å². The molecule has 2 aromatic rings. The maximum Gasteiger partial charge on any atom is 0.304 e. The van der Waals surface area contributed by atoms with Gasteiger partial charge < -0.3 is 5.11 Å². The van der Waals surface area contributed by atoms with Gasteiger partial charge in [-0.25, -0.2) is 8.42 Å². The van der Waals surface area contributed by atoms with Gasteiger partial charge in [-0.1, -0.05) is 53.5 Å². The highest BCUT2D eigenvalue weighted by Crippen LogP contribution is 2.27. The monoisotopic (exact) mass is 387 g/mol. The zero-order valence-electron chi connectivity index (χ0n) is 12.5. The van der Waals surface area contributed by atoms with E-state index in [0.29, 0.717) is 0 Å². The summed E-state index contributed by atoms with van der Waals surface area (Å²) in [5.74, 6) is -1.07. The zero-order valence-corrected chi connectivity index (χ0v) is 14.9. The molecule has 0 aliphatic carbocycles. The minimum absolute atomic E-state index is 0.0294. The molecule has 2 aromatic carbocycles. The predicted molar refractivity (Wildman–Crippen MR) is 92.8 cm³/mol. The van der Waals surface area contributed by atoms with Gasteiger partial charge in [0.05, 0.1) is 21.4 Å². The summed E-state index contributed by atoms with van der Waals surface area (Å²) in [5.41, 5.74) is 0.756. The van der Waals surface area contributed by atoms with E-state index in [1.807, 2.05) is 6.07 Å². The normalized spacial score (nSPS) is 11.6. The van der Waals surface area contributed by atoms with Crippen LogP contribution >= 0.6 is 23.2 Å². The fourth-order valence-corrected chi connectivity index (χ4v) is 3.90. The van der Waals surface area contributed by atoms with Crippen LogP contribution in [-0.4, -0.2) is 30.3 Å². The van der Waals surface area contributed by atoms with Gasteiger partial charge in [0.2, 0.25) is 10.0 Å². The van der Waals surface area contributed by atoms with E-state index in [2.05, 4.69) is 0 Å². The van der Waals surface area contributed by atoms with Crippen LogP contribution in [0.5, 0.6) is 0 Å². The molecule has 0 aromatic heterocycles. The number of carboxylic acids is 1. The van der Waals surface area contributed by atoms with Crippen LogP contribution in [0.1, 0.15) is 12.0 Å². The van der Waals surface area contributed by atoms with E-state index < -0.39 is 16.0 Å². The molecule has 0 saturated carbocycles. The minimum Gasteiger partial charge on any atom is -0.481 e. The van der Waals surface area contributed by atoms with Gasteiger partial charge in [-0.15, -0.1) is 0 Å². The van der Waals surface area contributed by atoms with Crippen molar-refractivity contribution in [2.45, 2.75) is 17.9 Å². The average molecular weight is 388 g/mol. The highest BCUT2D eigenvalue weighted by atomic mass is 35.5. The highest BCUT2D eigenvalue weighted by Gasteiger charge is 2.25. The highest BCUT2D eigenvalue weighted by molar-refractivity contribution is 7.89. The molecule has 0 atom stereocenters. The van der Waals surface area contributed by atoms with E-state index in [1.165, 1.54) is 18.2 Å². The smallest absolute Gasteiger partial charge is 0.304 e. The fraction of sp³-hybridized carbons (Fsp3) is 0.188. The summed E-state index contributed by atoms with van der Waals surface area (Å²) in [5, 5.41) is 9.25. The lowest BCUT2D eigenvalue weighted by Gasteiger charge is -2.22. The van der Waals surface area contributed by atoms with Crippen molar-refractivity contribution in [3.8, 4) is 0 Å². The standard InChI is InChI=1S/C16H15Cl2NO4S/c17-14-7-6-13(10-15(14)18)24(22,23)19(9-8-16(20)21)11-12-4-2-1-3-5-12/h1-7,10H,8-9,11H2,(H,20,21). The fourth-order valence-electron chi connectivity index (χ4n) is 2.08. The van der Waals surface area contributed by atoms with Crippen molar-refractivity contribution in [3.63, 3.8) is 0 Å². The molecule has 1 N–H and O–H groups in total. The van der Waals surface area contributed by atoms with Crippen LogP contribution in [0.2, 0.25) is 10.0 Å². The molecule has 0 bridgehead atoms. The third kappa shape index (κ3) is 4.70. The molecule has 0 aliphatic heterocycles. The molecule has 0 fully saturated rings. The molecule has 0 spiro atoms. The quantitative estimate of drug-likeness (QED) is 0.786. The van der Waals surface area contributed by atoms with Gasteiger partial charge in [-0.2, -0.15) is 4.31 Å². The van der Waals surface area contributed by atoms with Crippen LogP contribution in [-0.2, 0) is 21.4 Å². The van der Waals surface area contributed by atoms with Crippen LogP contribution < -0.4 is 0 Å². The Balaban J connectivity index is 2.36. The molecule has 0 saturated heterocycles. The SMILES string of the molecule is O=C(O)CCN(Cc1ccccc1)S(=O)(=O)c1ccc(Cl)c(Cl)c1. The molecule has 0 amide bonds. The third-order valence-electron chi connectivity index (χ3n) is 3.31. The first kappa shape index (κ1) is 18.7. The third-order valence-corrected chi connectivity index (χ3v) is 5.89. The summed E-state index contributed by atoms with van der Waals surface area (Å²) < 4.78 is 26.8. The molecule has 24 heavy (non-hydrogen) atoms. The van der Waals surface area contributed by atoms with E-state index in [1.54, 1.807) is 24.3 Å². The number of rotatable bonds is 7. The van der Waals surface area contributed by atoms with Crippen molar-refractivity contribution in [3.05, 3.63) is 64.1 Å². The first-order chi connectivity index (χ1) is 11.3. The number of nitrogens with zero attached hydrogens (tertiary/aromatic N) is 1. The second-order valence-corrected chi connectivity index (χ2v) is 7.80. The molecule has 2 rings (SSSR count). The largest absolute Gasteiger partial charge is 0.481 e. The molecule has 8 heteroatoms. The summed E-state index contributed by atoms with van der Waals surface area (Å²) in [7, 11) is -3.91. The number of aliphatic carboxylic acids is 1.